The molecule has 7 heteroatoms. The van der Waals surface area contributed by atoms with Crippen molar-refractivity contribution in [1.29, 1.82) is 0 Å². The Labute approximate surface area is 173 Å². The Bertz CT molecular complexity index is 1070. The van der Waals surface area contributed by atoms with E-state index in [1.807, 2.05) is 42.5 Å². The summed E-state index contributed by atoms with van der Waals surface area (Å²) in [7, 11) is 2.45. The van der Waals surface area contributed by atoms with Gasteiger partial charge >= 0.3 is 17.9 Å². The van der Waals surface area contributed by atoms with Crippen LogP contribution in [0.25, 0.3) is 0 Å². The van der Waals surface area contributed by atoms with E-state index in [0.717, 1.165) is 0 Å². The van der Waals surface area contributed by atoms with Crippen molar-refractivity contribution in [2.45, 2.75) is 18.1 Å². The number of methoxy groups -OCH3 is 2. The second-order valence-electron chi connectivity index (χ2n) is 7.04. The summed E-state index contributed by atoms with van der Waals surface area (Å²) >= 11 is 0. The molecule has 2 atom stereocenters. The van der Waals surface area contributed by atoms with Crippen LogP contribution in [-0.4, -0.2) is 38.7 Å². The Morgan fingerprint density at radius 2 is 1.40 bits per heavy atom. The van der Waals surface area contributed by atoms with Crippen LogP contribution in [0.5, 0.6) is 0 Å². The first-order valence-electron chi connectivity index (χ1n) is 9.33. The van der Waals surface area contributed by atoms with Crippen molar-refractivity contribution in [2.24, 2.45) is 0 Å². The summed E-state index contributed by atoms with van der Waals surface area (Å²) in [6.45, 7) is 0.971. The minimum Gasteiger partial charge on any atom is -0.466 e. The number of carbonyl (C=O) groups excluding carboxylic acids is 3. The molecule has 2 aliphatic rings. The molecular formula is C23H20O7. The first-order valence-corrected chi connectivity index (χ1v) is 9.33. The van der Waals surface area contributed by atoms with E-state index in [0.29, 0.717) is 16.7 Å². The number of carbonyl (C=O) groups is 3. The predicted octanol–water partition coefficient (Wildman–Crippen LogP) is 2.38. The minimum atomic E-state index is -1.51. The zero-order valence-corrected chi connectivity index (χ0v) is 16.8. The average molecular weight is 408 g/mol. The number of fused-ring (bicyclic) bond motifs is 5. The van der Waals surface area contributed by atoms with Crippen molar-refractivity contribution < 1.29 is 33.3 Å². The van der Waals surface area contributed by atoms with E-state index in [4.69, 9.17) is 18.9 Å². The molecule has 0 radical (unpaired) electrons. The first-order chi connectivity index (χ1) is 14.4. The van der Waals surface area contributed by atoms with Gasteiger partial charge in [0.05, 0.1) is 25.4 Å². The molecule has 2 bridgehead atoms. The van der Waals surface area contributed by atoms with Crippen LogP contribution in [0.1, 0.15) is 23.6 Å². The maximum Gasteiger partial charge on any atom is 0.338 e. The molecular weight excluding hydrogens is 388 g/mol. The zero-order valence-electron chi connectivity index (χ0n) is 16.8. The van der Waals surface area contributed by atoms with Gasteiger partial charge in [-0.2, -0.15) is 0 Å². The number of hydrogen-bond donors (Lipinski definition) is 0. The predicted molar refractivity (Wildman–Crippen MR) is 104 cm³/mol. The highest BCUT2D eigenvalue weighted by molar-refractivity contribution is 6.07. The van der Waals surface area contributed by atoms with Crippen LogP contribution in [0.2, 0.25) is 0 Å². The minimum absolute atomic E-state index is 0.0221. The molecule has 0 saturated carbocycles. The van der Waals surface area contributed by atoms with Crippen LogP contribution in [-0.2, 0) is 44.5 Å². The molecule has 0 aromatic heterocycles. The van der Waals surface area contributed by atoms with E-state index in [-0.39, 0.29) is 17.8 Å². The standard InChI is InChI=1S/C23H20O7/c1-14(24)29-13-22-16-11-7-8-12-17(16)23(30-22,15-9-5-4-6-10-15)19(21(26)28-3)18(22)20(25)27-2/h4-12H,13H2,1-3H3/t22-,23+/m0/s1. The number of esters is 3. The van der Waals surface area contributed by atoms with Crippen LogP contribution in [0.3, 0.4) is 0 Å². The fourth-order valence-corrected chi connectivity index (χ4v) is 4.39. The molecule has 0 amide bonds. The Kier molecular flexibility index (Phi) is 4.70. The van der Waals surface area contributed by atoms with Gasteiger partial charge in [0.15, 0.2) is 11.2 Å². The molecule has 154 valence electrons. The summed E-state index contributed by atoms with van der Waals surface area (Å²) in [6.07, 6.45) is 0. The van der Waals surface area contributed by atoms with Gasteiger partial charge in [-0.25, -0.2) is 9.59 Å². The smallest absolute Gasteiger partial charge is 0.338 e. The fourth-order valence-electron chi connectivity index (χ4n) is 4.39. The van der Waals surface area contributed by atoms with Crippen molar-refractivity contribution in [3.8, 4) is 0 Å². The van der Waals surface area contributed by atoms with E-state index < -0.39 is 29.1 Å². The van der Waals surface area contributed by atoms with E-state index in [1.165, 1.54) is 21.1 Å². The summed E-state index contributed by atoms with van der Waals surface area (Å²) in [4.78, 5) is 37.6. The third-order valence-electron chi connectivity index (χ3n) is 5.51. The highest BCUT2D eigenvalue weighted by Gasteiger charge is 2.69. The normalized spacial score (nSPS) is 23.7. The molecule has 0 fully saturated rings. The van der Waals surface area contributed by atoms with Gasteiger partial charge in [-0.15, -0.1) is 0 Å². The van der Waals surface area contributed by atoms with Crippen LogP contribution in [0, 0.1) is 0 Å². The van der Waals surface area contributed by atoms with E-state index in [9.17, 15) is 14.4 Å². The summed E-state index contributed by atoms with van der Waals surface area (Å²) in [5.41, 5.74) is -0.973. The highest BCUT2D eigenvalue weighted by Crippen LogP contribution is 2.64. The Balaban J connectivity index is 2.11. The van der Waals surface area contributed by atoms with Gasteiger partial charge in [0.1, 0.15) is 6.61 Å². The third kappa shape index (κ3) is 2.52. The molecule has 30 heavy (non-hydrogen) atoms. The van der Waals surface area contributed by atoms with Gasteiger partial charge in [0.2, 0.25) is 0 Å². The largest absolute Gasteiger partial charge is 0.466 e. The second kappa shape index (κ2) is 7.11. The Hall–Kier alpha value is -3.45. The molecule has 0 saturated heterocycles. The monoisotopic (exact) mass is 408 g/mol. The summed E-state index contributed by atoms with van der Waals surface area (Å²) in [6, 6.07) is 16.3. The number of ether oxygens (including phenoxy) is 4. The van der Waals surface area contributed by atoms with Gasteiger partial charge in [0, 0.05) is 6.92 Å². The van der Waals surface area contributed by atoms with Crippen molar-refractivity contribution in [3.05, 3.63) is 82.4 Å². The zero-order chi connectivity index (χ0) is 21.5. The van der Waals surface area contributed by atoms with Crippen LogP contribution in [0.15, 0.2) is 65.7 Å². The maximum absolute atomic E-state index is 13.0. The SMILES string of the molecule is COC(=O)C1=C(C(=O)OC)[C@@]2(COC(C)=O)O[C@]1(c1ccccc1)c1ccccc12. The lowest BCUT2D eigenvalue weighted by Gasteiger charge is -2.30. The van der Waals surface area contributed by atoms with E-state index >= 15 is 0 Å². The first kappa shape index (κ1) is 19.8. The number of rotatable bonds is 5. The lowest BCUT2D eigenvalue weighted by molar-refractivity contribution is -0.157. The van der Waals surface area contributed by atoms with Crippen molar-refractivity contribution >= 4 is 17.9 Å². The summed E-state index contributed by atoms with van der Waals surface area (Å²) in [5.74, 6) is -2.02. The van der Waals surface area contributed by atoms with Gasteiger partial charge in [0.25, 0.3) is 0 Å². The quantitative estimate of drug-likeness (QED) is 0.554. The lowest BCUT2D eigenvalue weighted by atomic mass is 9.70. The topological polar surface area (TPSA) is 88.1 Å². The second-order valence-corrected chi connectivity index (χ2v) is 7.04. The molecule has 0 spiro atoms. The molecule has 2 aliphatic heterocycles. The molecule has 0 N–H and O–H groups in total. The van der Waals surface area contributed by atoms with Gasteiger partial charge < -0.3 is 18.9 Å². The van der Waals surface area contributed by atoms with Crippen molar-refractivity contribution in [3.63, 3.8) is 0 Å². The summed E-state index contributed by atoms with van der Waals surface area (Å²) < 4.78 is 22.0. The fraction of sp³-hybridized carbons (Fsp3) is 0.261. The van der Waals surface area contributed by atoms with Crippen LogP contribution in [0.4, 0.5) is 0 Å². The van der Waals surface area contributed by atoms with Crippen LogP contribution >= 0.6 is 0 Å². The van der Waals surface area contributed by atoms with Crippen LogP contribution < -0.4 is 0 Å². The average Bonchev–Trinajstić information content (AvgIpc) is 3.26. The van der Waals surface area contributed by atoms with Gasteiger partial charge in [-0.1, -0.05) is 54.6 Å². The Morgan fingerprint density at radius 3 is 2.00 bits per heavy atom. The molecule has 0 unspecified atom stereocenters. The van der Waals surface area contributed by atoms with E-state index in [1.54, 1.807) is 12.1 Å². The lowest BCUT2D eigenvalue weighted by Crippen LogP contribution is -2.37. The molecule has 7 nitrogen and oxygen atoms in total. The number of benzene rings is 2. The third-order valence-corrected chi connectivity index (χ3v) is 5.51. The molecule has 2 heterocycles. The van der Waals surface area contributed by atoms with Crippen molar-refractivity contribution in [2.75, 3.05) is 20.8 Å². The van der Waals surface area contributed by atoms with Gasteiger partial charge in [-0.3, -0.25) is 4.79 Å². The van der Waals surface area contributed by atoms with Gasteiger partial charge in [-0.05, 0) is 16.7 Å². The number of hydrogen-bond acceptors (Lipinski definition) is 7. The molecule has 4 rings (SSSR count). The van der Waals surface area contributed by atoms with Crippen molar-refractivity contribution in [1.82, 2.24) is 0 Å². The van der Waals surface area contributed by atoms with E-state index in [2.05, 4.69) is 0 Å². The molecule has 0 aliphatic carbocycles. The Morgan fingerprint density at radius 1 is 0.833 bits per heavy atom. The molecule has 2 aromatic rings. The highest BCUT2D eigenvalue weighted by atomic mass is 16.6. The molecule has 2 aromatic carbocycles. The summed E-state index contributed by atoms with van der Waals surface area (Å²) in [5, 5.41) is 0. The maximum atomic E-state index is 13.0.